The molecule has 0 saturated carbocycles. The third-order valence-corrected chi connectivity index (χ3v) is 4.06. The maximum absolute atomic E-state index is 13.6. The number of aromatic nitrogens is 2. The largest absolute Gasteiger partial charge is 0.271 e. The number of hydrogen-bond donors (Lipinski definition) is 2. The van der Waals surface area contributed by atoms with Gasteiger partial charge in [0.05, 0.1) is 21.9 Å². The SMILES string of the molecule is Cc1cc(C(Cc2cccc(F)c2Br)NN)c(C)nn1. The first kappa shape index (κ1) is 15.0. The third-order valence-electron chi connectivity index (χ3n) is 3.17. The van der Waals surface area contributed by atoms with Crippen molar-refractivity contribution in [2.24, 2.45) is 5.84 Å². The molecule has 1 unspecified atom stereocenters. The Labute approximate surface area is 125 Å². The molecule has 0 radical (unpaired) electrons. The zero-order valence-electron chi connectivity index (χ0n) is 11.3. The van der Waals surface area contributed by atoms with Crippen molar-refractivity contribution in [3.05, 3.63) is 57.1 Å². The minimum absolute atomic E-state index is 0.151. The molecule has 0 fully saturated rings. The molecular weight excluding hydrogens is 323 g/mol. The molecule has 2 aromatic rings. The van der Waals surface area contributed by atoms with Gasteiger partial charge in [-0.25, -0.2) is 4.39 Å². The molecule has 1 atom stereocenters. The summed E-state index contributed by atoms with van der Waals surface area (Å²) >= 11 is 3.27. The van der Waals surface area contributed by atoms with Gasteiger partial charge >= 0.3 is 0 Å². The summed E-state index contributed by atoms with van der Waals surface area (Å²) in [7, 11) is 0. The smallest absolute Gasteiger partial charge is 0.137 e. The van der Waals surface area contributed by atoms with E-state index in [-0.39, 0.29) is 11.9 Å². The maximum atomic E-state index is 13.6. The fourth-order valence-electron chi connectivity index (χ4n) is 2.11. The molecule has 0 aliphatic carbocycles. The summed E-state index contributed by atoms with van der Waals surface area (Å²) in [6.07, 6.45) is 0.556. The van der Waals surface area contributed by atoms with E-state index in [4.69, 9.17) is 5.84 Å². The van der Waals surface area contributed by atoms with Crippen LogP contribution in [0.3, 0.4) is 0 Å². The van der Waals surface area contributed by atoms with Gasteiger partial charge < -0.3 is 0 Å². The lowest BCUT2D eigenvalue weighted by molar-refractivity contribution is 0.539. The summed E-state index contributed by atoms with van der Waals surface area (Å²) in [4.78, 5) is 0. The molecule has 0 bridgehead atoms. The lowest BCUT2D eigenvalue weighted by atomic mass is 9.98. The van der Waals surface area contributed by atoms with Crippen LogP contribution in [0.2, 0.25) is 0 Å². The molecule has 106 valence electrons. The van der Waals surface area contributed by atoms with Gasteiger partial charge in [0.15, 0.2) is 0 Å². The van der Waals surface area contributed by atoms with Crippen LogP contribution in [0, 0.1) is 19.7 Å². The predicted octanol–water partition coefficient (Wildman–Crippen LogP) is 2.74. The number of hydrazine groups is 1. The molecule has 0 aliphatic rings. The van der Waals surface area contributed by atoms with Crippen molar-refractivity contribution >= 4 is 15.9 Å². The van der Waals surface area contributed by atoms with Gasteiger partial charge in [0.2, 0.25) is 0 Å². The molecule has 0 aliphatic heterocycles. The highest BCUT2D eigenvalue weighted by Crippen LogP contribution is 2.26. The maximum Gasteiger partial charge on any atom is 0.137 e. The molecule has 2 rings (SSSR count). The van der Waals surface area contributed by atoms with Gasteiger partial charge in [-0.05, 0) is 59.5 Å². The van der Waals surface area contributed by atoms with Crippen LogP contribution in [0.5, 0.6) is 0 Å². The quantitative estimate of drug-likeness (QED) is 0.664. The zero-order valence-corrected chi connectivity index (χ0v) is 12.9. The van der Waals surface area contributed by atoms with E-state index in [2.05, 4.69) is 31.6 Å². The van der Waals surface area contributed by atoms with Crippen LogP contribution in [-0.4, -0.2) is 10.2 Å². The summed E-state index contributed by atoms with van der Waals surface area (Å²) < 4.78 is 14.0. The van der Waals surface area contributed by atoms with Crippen LogP contribution < -0.4 is 11.3 Å². The van der Waals surface area contributed by atoms with Crippen molar-refractivity contribution in [1.82, 2.24) is 15.6 Å². The lowest BCUT2D eigenvalue weighted by Crippen LogP contribution is -2.30. The van der Waals surface area contributed by atoms with E-state index in [1.54, 1.807) is 6.07 Å². The molecule has 1 aromatic heterocycles. The van der Waals surface area contributed by atoms with Crippen LogP contribution in [0.25, 0.3) is 0 Å². The number of aryl methyl sites for hydroxylation is 2. The van der Waals surface area contributed by atoms with Crippen molar-refractivity contribution in [2.45, 2.75) is 26.3 Å². The molecule has 6 heteroatoms. The molecule has 3 N–H and O–H groups in total. The van der Waals surface area contributed by atoms with Gasteiger partial charge in [-0.1, -0.05) is 12.1 Å². The highest BCUT2D eigenvalue weighted by atomic mass is 79.9. The van der Waals surface area contributed by atoms with E-state index in [1.165, 1.54) is 6.07 Å². The Bertz CT molecular complexity index is 618. The second kappa shape index (κ2) is 6.39. The van der Waals surface area contributed by atoms with Crippen LogP contribution in [-0.2, 0) is 6.42 Å². The average Bonchev–Trinajstić information content (AvgIpc) is 2.43. The van der Waals surface area contributed by atoms with Crippen molar-refractivity contribution in [3.63, 3.8) is 0 Å². The van der Waals surface area contributed by atoms with Crippen LogP contribution >= 0.6 is 15.9 Å². The van der Waals surface area contributed by atoms with Crippen LogP contribution in [0.15, 0.2) is 28.7 Å². The number of halogens is 2. The summed E-state index contributed by atoms with van der Waals surface area (Å²) in [6.45, 7) is 3.76. The highest BCUT2D eigenvalue weighted by molar-refractivity contribution is 9.10. The van der Waals surface area contributed by atoms with Gasteiger partial charge in [0, 0.05) is 0 Å². The van der Waals surface area contributed by atoms with E-state index in [0.717, 1.165) is 22.5 Å². The Morgan fingerprint density at radius 3 is 2.80 bits per heavy atom. The first-order chi connectivity index (χ1) is 9.52. The van der Waals surface area contributed by atoms with Gasteiger partial charge in [0.25, 0.3) is 0 Å². The van der Waals surface area contributed by atoms with Gasteiger partial charge in [-0.15, -0.1) is 0 Å². The first-order valence-corrected chi connectivity index (χ1v) is 7.02. The monoisotopic (exact) mass is 338 g/mol. The molecule has 0 spiro atoms. The number of rotatable bonds is 4. The van der Waals surface area contributed by atoms with Crippen LogP contribution in [0.4, 0.5) is 4.39 Å². The minimum Gasteiger partial charge on any atom is -0.271 e. The van der Waals surface area contributed by atoms with E-state index >= 15 is 0 Å². The Morgan fingerprint density at radius 2 is 2.10 bits per heavy atom. The number of hydrogen-bond acceptors (Lipinski definition) is 4. The Balaban J connectivity index is 2.34. The molecule has 1 heterocycles. The topological polar surface area (TPSA) is 63.8 Å². The number of nitrogens with one attached hydrogen (secondary N) is 1. The van der Waals surface area contributed by atoms with E-state index in [9.17, 15) is 4.39 Å². The Morgan fingerprint density at radius 1 is 1.35 bits per heavy atom. The molecule has 0 amide bonds. The van der Waals surface area contributed by atoms with Gasteiger partial charge in [0.1, 0.15) is 5.82 Å². The molecule has 0 saturated heterocycles. The van der Waals surface area contributed by atoms with E-state index in [0.29, 0.717) is 10.9 Å². The summed E-state index contributed by atoms with van der Waals surface area (Å²) in [5.41, 5.74) is 6.22. The lowest BCUT2D eigenvalue weighted by Gasteiger charge is -2.19. The first-order valence-electron chi connectivity index (χ1n) is 6.22. The second-order valence-electron chi connectivity index (χ2n) is 4.66. The summed E-state index contributed by atoms with van der Waals surface area (Å²) in [6, 6.07) is 6.77. The van der Waals surface area contributed by atoms with Crippen molar-refractivity contribution < 1.29 is 4.39 Å². The molecule has 1 aromatic carbocycles. The molecule has 4 nitrogen and oxygen atoms in total. The minimum atomic E-state index is -0.279. The number of nitrogens with zero attached hydrogens (tertiary/aromatic N) is 2. The molecular formula is C14H16BrFN4. The predicted molar refractivity (Wildman–Crippen MR) is 79.4 cm³/mol. The van der Waals surface area contributed by atoms with Crippen molar-refractivity contribution in [1.29, 1.82) is 0 Å². The standard InChI is InChI=1S/C14H16BrFN4/c1-8-6-11(9(2)20-19-8)13(18-17)7-10-4-3-5-12(16)14(10)15/h3-6,13,18H,7,17H2,1-2H3. The summed E-state index contributed by atoms with van der Waals surface area (Å²) in [5, 5.41) is 8.10. The van der Waals surface area contributed by atoms with Crippen molar-refractivity contribution in [2.75, 3.05) is 0 Å². The fourth-order valence-corrected chi connectivity index (χ4v) is 2.53. The van der Waals surface area contributed by atoms with Crippen molar-refractivity contribution in [3.8, 4) is 0 Å². The normalized spacial score (nSPS) is 12.4. The van der Waals surface area contributed by atoms with E-state index in [1.807, 2.05) is 26.0 Å². The fraction of sp³-hybridized carbons (Fsp3) is 0.286. The average molecular weight is 339 g/mol. The van der Waals surface area contributed by atoms with Gasteiger partial charge in [-0.2, -0.15) is 10.2 Å². The third kappa shape index (κ3) is 3.20. The number of nitrogens with two attached hydrogens (primary N) is 1. The van der Waals surface area contributed by atoms with Gasteiger partial charge in [-0.3, -0.25) is 11.3 Å². The highest BCUT2D eigenvalue weighted by Gasteiger charge is 2.17. The Kier molecular flexibility index (Phi) is 4.80. The summed E-state index contributed by atoms with van der Waals surface area (Å²) in [5.74, 6) is 5.37. The number of benzene rings is 1. The van der Waals surface area contributed by atoms with Crippen LogP contribution in [0.1, 0.15) is 28.6 Å². The second-order valence-corrected chi connectivity index (χ2v) is 5.46. The Hall–Kier alpha value is -1.37. The molecule has 20 heavy (non-hydrogen) atoms. The van der Waals surface area contributed by atoms with E-state index < -0.39 is 0 Å². The zero-order chi connectivity index (χ0) is 14.7.